The molecule has 0 spiro atoms. The van der Waals surface area contributed by atoms with Gasteiger partial charge in [0.2, 0.25) is 0 Å². The second kappa shape index (κ2) is 13.9. The van der Waals surface area contributed by atoms with Crippen molar-refractivity contribution in [3.8, 4) is 16.9 Å². The molecular formula is C29H31F4N3O4. The lowest BCUT2D eigenvalue weighted by Crippen LogP contribution is -2.28. The predicted octanol–water partition coefficient (Wildman–Crippen LogP) is 5.52. The molecule has 11 heteroatoms. The molecule has 0 saturated carbocycles. The molecular weight excluding hydrogens is 530 g/mol. The summed E-state index contributed by atoms with van der Waals surface area (Å²) in [5, 5.41) is 9.95. The number of nitrogens with zero attached hydrogens (tertiary/aromatic N) is 2. The van der Waals surface area contributed by atoms with E-state index < -0.39 is 18.0 Å². The molecule has 1 aliphatic heterocycles. The van der Waals surface area contributed by atoms with Crippen LogP contribution in [0, 0.1) is 5.82 Å². The highest BCUT2D eigenvalue weighted by Gasteiger charge is 2.38. The number of halogens is 4. The Bertz CT molecular complexity index is 1300. The van der Waals surface area contributed by atoms with Gasteiger partial charge in [-0.05, 0) is 80.1 Å². The van der Waals surface area contributed by atoms with E-state index in [0.717, 1.165) is 49.6 Å². The summed E-state index contributed by atoms with van der Waals surface area (Å²) in [5.74, 6) is -2.62. The van der Waals surface area contributed by atoms with E-state index in [4.69, 9.17) is 14.6 Å². The Morgan fingerprint density at radius 3 is 2.25 bits per heavy atom. The minimum absolute atomic E-state index is 0.290. The topological polar surface area (TPSA) is 82.1 Å². The normalized spacial score (nSPS) is 14.4. The third-order valence-electron chi connectivity index (χ3n) is 6.29. The first-order chi connectivity index (χ1) is 19.0. The van der Waals surface area contributed by atoms with Crippen LogP contribution in [-0.2, 0) is 11.3 Å². The van der Waals surface area contributed by atoms with E-state index in [1.165, 1.54) is 30.2 Å². The number of carboxylic acids is 1. The van der Waals surface area contributed by atoms with Crippen molar-refractivity contribution in [2.75, 3.05) is 45.7 Å². The highest BCUT2D eigenvalue weighted by atomic mass is 19.4. The number of benzene rings is 3. The minimum atomic E-state index is -5.08. The van der Waals surface area contributed by atoms with Crippen LogP contribution >= 0.6 is 0 Å². The molecule has 0 aliphatic carbocycles. The maximum atomic E-state index is 13.4. The number of rotatable bonds is 6. The molecule has 1 amide bonds. The van der Waals surface area contributed by atoms with Gasteiger partial charge in [-0.15, -0.1) is 0 Å². The van der Waals surface area contributed by atoms with E-state index in [9.17, 15) is 22.4 Å². The molecule has 0 atom stereocenters. The molecule has 1 aliphatic rings. The van der Waals surface area contributed by atoms with E-state index in [0.29, 0.717) is 11.3 Å². The van der Waals surface area contributed by atoms with Crippen molar-refractivity contribution in [1.82, 2.24) is 9.80 Å². The number of ether oxygens (including phenoxy) is 1. The van der Waals surface area contributed by atoms with Gasteiger partial charge in [0, 0.05) is 36.4 Å². The van der Waals surface area contributed by atoms with Crippen molar-refractivity contribution in [3.63, 3.8) is 0 Å². The van der Waals surface area contributed by atoms with E-state index >= 15 is 0 Å². The van der Waals surface area contributed by atoms with Gasteiger partial charge in [0.15, 0.2) is 0 Å². The summed E-state index contributed by atoms with van der Waals surface area (Å²) in [4.78, 5) is 26.1. The number of nitrogens with one attached hydrogen (secondary N) is 1. The number of methoxy groups -OCH3 is 1. The summed E-state index contributed by atoms with van der Waals surface area (Å²) in [6.07, 6.45) is -3.92. The number of alkyl halides is 3. The number of carbonyl (C=O) groups is 2. The fourth-order valence-electron chi connectivity index (χ4n) is 4.16. The molecule has 1 saturated heterocycles. The third kappa shape index (κ3) is 9.06. The molecule has 3 aromatic carbocycles. The number of anilines is 1. The molecule has 1 fully saturated rings. The standard InChI is InChI=1S/C27H30FN3O2.C2HF3O2/c1-30-13-4-14-31(16-15-30)19-23-17-21(9-12-26(23)33-2)20-7-10-25(11-8-20)29-27(32)22-5-3-6-24(28)18-22;3-2(4,5)1(6)7/h3,5-12,17-18H,4,13-16,19H2,1-2H3,(H,29,32);(H,6,7). The summed E-state index contributed by atoms with van der Waals surface area (Å²) in [6, 6.07) is 19.6. The van der Waals surface area contributed by atoms with Gasteiger partial charge in [-0.2, -0.15) is 13.2 Å². The first kappa shape index (κ1) is 30.6. The summed E-state index contributed by atoms with van der Waals surface area (Å²) >= 11 is 0. The zero-order chi connectivity index (χ0) is 29.3. The van der Waals surface area contributed by atoms with Crippen molar-refractivity contribution in [2.24, 2.45) is 0 Å². The van der Waals surface area contributed by atoms with Crippen LogP contribution in [0.4, 0.5) is 23.2 Å². The molecule has 0 unspecified atom stereocenters. The second-order valence-corrected chi connectivity index (χ2v) is 9.30. The maximum Gasteiger partial charge on any atom is 0.490 e. The first-order valence-electron chi connectivity index (χ1n) is 12.5. The van der Waals surface area contributed by atoms with Gasteiger partial charge in [-0.25, -0.2) is 9.18 Å². The van der Waals surface area contributed by atoms with E-state index in [2.05, 4.69) is 34.3 Å². The lowest BCUT2D eigenvalue weighted by Gasteiger charge is -2.22. The Morgan fingerprint density at radius 1 is 0.950 bits per heavy atom. The predicted molar refractivity (Wildman–Crippen MR) is 144 cm³/mol. The third-order valence-corrected chi connectivity index (χ3v) is 6.29. The maximum absolute atomic E-state index is 13.4. The van der Waals surface area contributed by atoms with Crippen LogP contribution in [0.5, 0.6) is 5.75 Å². The molecule has 0 aromatic heterocycles. The van der Waals surface area contributed by atoms with Crippen LogP contribution in [0.3, 0.4) is 0 Å². The number of carbonyl (C=O) groups excluding carboxylic acids is 1. The zero-order valence-corrected chi connectivity index (χ0v) is 22.2. The van der Waals surface area contributed by atoms with Gasteiger partial charge >= 0.3 is 12.1 Å². The lowest BCUT2D eigenvalue weighted by atomic mass is 10.0. The van der Waals surface area contributed by atoms with Gasteiger partial charge in [0.1, 0.15) is 11.6 Å². The minimum Gasteiger partial charge on any atom is -0.496 e. The summed E-state index contributed by atoms with van der Waals surface area (Å²) in [5.41, 5.74) is 4.27. The van der Waals surface area contributed by atoms with Crippen LogP contribution in [0.2, 0.25) is 0 Å². The number of carboxylic acid groups (broad SMARTS) is 1. The van der Waals surface area contributed by atoms with Gasteiger partial charge in [-0.1, -0.05) is 24.3 Å². The van der Waals surface area contributed by atoms with Crippen LogP contribution in [0.25, 0.3) is 11.1 Å². The molecule has 1 heterocycles. The van der Waals surface area contributed by atoms with Gasteiger partial charge in [-0.3, -0.25) is 9.69 Å². The molecule has 2 N–H and O–H groups in total. The summed E-state index contributed by atoms with van der Waals surface area (Å²) < 4.78 is 50.8. The SMILES string of the molecule is COc1ccc(-c2ccc(NC(=O)c3cccc(F)c3)cc2)cc1CN1CCCN(C)CC1.O=C(O)C(F)(F)F. The van der Waals surface area contributed by atoms with Crippen molar-refractivity contribution >= 4 is 17.6 Å². The Morgan fingerprint density at radius 2 is 1.62 bits per heavy atom. The second-order valence-electron chi connectivity index (χ2n) is 9.30. The average molecular weight is 562 g/mol. The van der Waals surface area contributed by atoms with Crippen LogP contribution in [0.1, 0.15) is 22.3 Å². The monoisotopic (exact) mass is 561 g/mol. The summed E-state index contributed by atoms with van der Waals surface area (Å²) in [6.45, 7) is 5.19. The summed E-state index contributed by atoms with van der Waals surface area (Å²) in [7, 11) is 3.89. The highest BCUT2D eigenvalue weighted by Crippen LogP contribution is 2.29. The van der Waals surface area contributed by atoms with Gasteiger partial charge in [0.25, 0.3) is 5.91 Å². The zero-order valence-electron chi connectivity index (χ0n) is 22.2. The van der Waals surface area contributed by atoms with Crippen molar-refractivity contribution < 1.29 is 37.0 Å². The van der Waals surface area contributed by atoms with Crippen molar-refractivity contribution in [1.29, 1.82) is 0 Å². The lowest BCUT2D eigenvalue weighted by molar-refractivity contribution is -0.192. The van der Waals surface area contributed by atoms with E-state index in [-0.39, 0.29) is 5.91 Å². The molecule has 40 heavy (non-hydrogen) atoms. The molecule has 214 valence electrons. The Balaban J connectivity index is 0.000000559. The molecule has 3 aromatic rings. The Kier molecular flexibility index (Phi) is 10.6. The van der Waals surface area contributed by atoms with E-state index in [1.807, 2.05) is 30.3 Å². The fraction of sp³-hybridized carbons (Fsp3) is 0.310. The molecule has 0 radical (unpaired) electrons. The Labute approximate surface area is 230 Å². The van der Waals surface area contributed by atoms with Crippen molar-refractivity contribution in [2.45, 2.75) is 19.1 Å². The quantitative estimate of drug-likeness (QED) is 0.386. The van der Waals surface area contributed by atoms with E-state index in [1.54, 1.807) is 13.2 Å². The number of aliphatic carboxylic acids is 1. The number of likely N-dealkylation sites (N-methyl/N-ethyl adjacent to an activating group) is 1. The van der Waals surface area contributed by atoms with Crippen LogP contribution in [-0.4, -0.2) is 73.3 Å². The smallest absolute Gasteiger partial charge is 0.490 e. The number of hydrogen-bond acceptors (Lipinski definition) is 5. The van der Waals surface area contributed by atoms with Gasteiger partial charge in [0.05, 0.1) is 7.11 Å². The molecule has 4 rings (SSSR count). The highest BCUT2D eigenvalue weighted by molar-refractivity contribution is 6.04. The first-order valence-corrected chi connectivity index (χ1v) is 12.5. The van der Waals surface area contributed by atoms with Crippen LogP contribution in [0.15, 0.2) is 66.7 Å². The fourth-order valence-corrected chi connectivity index (χ4v) is 4.16. The number of hydrogen-bond donors (Lipinski definition) is 2. The Hall–Kier alpha value is -3.96. The average Bonchev–Trinajstić information content (AvgIpc) is 3.12. The molecule has 7 nitrogen and oxygen atoms in total. The molecule has 0 bridgehead atoms. The van der Waals surface area contributed by atoms with Gasteiger partial charge < -0.3 is 20.1 Å². The largest absolute Gasteiger partial charge is 0.496 e. The van der Waals surface area contributed by atoms with Crippen molar-refractivity contribution in [3.05, 3.63) is 83.7 Å². The number of amides is 1. The van der Waals surface area contributed by atoms with Crippen LogP contribution < -0.4 is 10.1 Å².